The molecule has 92 valence electrons. The molecule has 1 aromatic rings. The van der Waals surface area contributed by atoms with Crippen molar-refractivity contribution < 1.29 is 4.79 Å². The SMILES string of the molecule is CC1CCN(C(=O)C(N)Cc2ccccc2)C1. The van der Waals surface area contributed by atoms with E-state index in [0.717, 1.165) is 25.1 Å². The van der Waals surface area contributed by atoms with Crippen LogP contribution in [0.15, 0.2) is 30.3 Å². The van der Waals surface area contributed by atoms with Crippen LogP contribution in [-0.2, 0) is 11.2 Å². The Morgan fingerprint density at radius 2 is 2.18 bits per heavy atom. The van der Waals surface area contributed by atoms with Crippen molar-refractivity contribution in [2.45, 2.75) is 25.8 Å². The number of nitrogens with two attached hydrogens (primary N) is 1. The Morgan fingerprint density at radius 3 is 2.76 bits per heavy atom. The van der Waals surface area contributed by atoms with Gasteiger partial charge in [0.2, 0.25) is 5.91 Å². The quantitative estimate of drug-likeness (QED) is 0.857. The molecular weight excluding hydrogens is 212 g/mol. The molecule has 3 nitrogen and oxygen atoms in total. The van der Waals surface area contributed by atoms with Gasteiger partial charge in [-0.25, -0.2) is 0 Å². The van der Waals surface area contributed by atoms with Crippen LogP contribution in [0.4, 0.5) is 0 Å². The van der Waals surface area contributed by atoms with Crippen LogP contribution < -0.4 is 5.73 Å². The number of carbonyl (C=O) groups excluding carboxylic acids is 1. The summed E-state index contributed by atoms with van der Waals surface area (Å²) in [6.45, 7) is 3.90. The maximum absolute atomic E-state index is 12.1. The fourth-order valence-electron chi connectivity index (χ4n) is 2.33. The summed E-state index contributed by atoms with van der Waals surface area (Å²) in [6, 6.07) is 9.55. The Labute approximate surface area is 103 Å². The molecule has 1 aliphatic rings. The summed E-state index contributed by atoms with van der Waals surface area (Å²) < 4.78 is 0. The molecule has 0 saturated carbocycles. The molecular formula is C14H20N2O. The van der Waals surface area contributed by atoms with E-state index in [-0.39, 0.29) is 5.91 Å². The van der Waals surface area contributed by atoms with Crippen LogP contribution >= 0.6 is 0 Å². The average molecular weight is 232 g/mol. The first-order valence-corrected chi connectivity index (χ1v) is 6.25. The van der Waals surface area contributed by atoms with Crippen LogP contribution in [0.3, 0.4) is 0 Å². The molecule has 1 aromatic carbocycles. The van der Waals surface area contributed by atoms with Crippen molar-refractivity contribution in [3.05, 3.63) is 35.9 Å². The number of nitrogens with zero attached hydrogens (tertiary/aromatic N) is 1. The number of hydrogen-bond acceptors (Lipinski definition) is 2. The second-order valence-corrected chi connectivity index (χ2v) is 4.97. The number of hydrogen-bond donors (Lipinski definition) is 1. The van der Waals surface area contributed by atoms with Crippen LogP contribution in [0.1, 0.15) is 18.9 Å². The fraction of sp³-hybridized carbons (Fsp3) is 0.500. The summed E-state index contributed by atoms with van der Waals surface area (Å²) in [6.07, 6.45) is 1.73. The van der Waals surface area contributed by atoms with Gasteiger partial charge in [0.25, 0.3) is 0 Å². The fourth-order valence-corrected chi connectivity index (χ4v) is 2.33. The molecule has 1 fully saturated rings. The highest BCUT2D eigenvalue weighted by molar-refractivity contribution is 5.82. The van der Waals surface area contributed by atoms with Gasteiger partial charge in [0.05, 0.1) is 6.04 Å². The van der Waals surface area contributed by atoms with E-state index in [4.69, 9.17) is 5.73 Å². The first-order chi connectivity index (χ1) is 8.16. The van der Waals surface area contributed by atoms with Crippen LogP contribution in [-0.4, -0.2) is 29.9 Å². The van der Waals surface area contributed by atoms with Gasteiger partial charge in [-0.1, -0.05) is 37.3 Å². The normalized spacial score (nSPS) is 21.5. The maximum atomic E-state index is 12.1. The lowest BCUT2D eigenvalue weighted by Gasteiger charge is -2.20. The average Bonchev–Trinajstić information content (AvgIpc) is 2.76. The number of amides is 1. The van der Waals surface area contributed by atoms with Crippen LogP contribution in [0.5, 0.6) is 0 Å². The topological polar surface area (TPSA) is 46.3 Å². The number of likely N-dealkylation sites (tertiary alicyclic amines) is 1. The molecule has 0 bridgehead atoms. The van der Waals surface area contributed by atoms with Crippen molar-refractivity contribution in [3.63, 3.8) is 0 Å². The van der Waals surface area contributed by atoms with E-state index in [1.54, 1.807) is 0 Å². The Bertz CT molecular complexity index is 377. The first-order valence-electron chi connectivity index (χ1n) is 6.25. The molecule has 1 heterocycles. The van der Waals surface area contributed by atoms with Crippen molar-refractivity contribution in [2.75, 3.05) is 13.1 Å². The summed E-state index contributed by atoms with van der Waals surface area (Å²) in [5, 5.41) is 0. The summed E-state index contributed by atoms with van der Waals surface area (Å²) in [5.74, 6) is 0.709. The van der Waals surface area contributed by atoms with Gasteiger partial charge in [0.1, 0.15) is 0 Å². The standard InChI is InChI=1S/C14H20N2O/c1-11-7-8-16(10-11)14(17)13(15)9-12-5-3-2-4-6-12/h2-6,11,13H,7-10,15H2,1H3. The molecule has 1 saturated heterocycles. The van der Waals surface area contributed by atoms with Gasteiger partial charge in [-0.05, 0) is 24.3 Å². The minimum atomic E-state index is -0.400. The number of benzene rings is 1. The molecule has 0 aromatic heterocycles. The van der Waals surface area contributed by atoms with Crippen molar-refractivity contribution >= 4 is 5.91 Å². The van der Waals surface area contributed by atoms with Crippen molar-refractivity contribution in [2.24, 2.45) is 11.7 Å². The lowest BCUT2D eigenvalue weighted by atomic mass is 10.1. The van der Waals surface area contributed by atoms with E-state index < -0.39 is 6.04 Å². The predicted octanol–water partition coefficient (Wildman–Crippen LogP) is 1.42. The Balaban J connectivity index is 1.92. The van der Waals surface area contributed by atoms with E-state index in [9.17, 15) is 4.79 Å². The summed E-state index contributed by atoms with van der Waals surface area (Å²) in [7, 11) is 0. The Hall–Kier alpha value is -1.35. The lowest BCUT2D eigenvalue weighted by molar-refractivity contribution is -0.131. The minimum absolute atomic E-state index is 0.0956. The van der Waals surface area contributed by atoms with Crippen LogP contribution in [0.2, 0.25) is 0 Å². The smallest absolute Gasteiger partial charge is 0.239 e. The van der Waals surface area contributed by atoms with Crippen molar-refractivity contribution in [1.29, 1.82) is 0 Å². The molecule has 2 rings (SSSR count). The second kappa shape index (κ2) is 5.32. The van der Waals surface area contributed by atoms with Gasteiger partial charge in [-0.15, -0.1) is 0 Å². The monoisotopic (exact) mass is 232 g/mol. The van der Waals surface area contributed by atoms with Crippen molar-refractivity contribution in [3.8, 4) is 0 Å². The zero-order chi connectivity index (χ0) is 12.3. The number of rotatable bonds is 3. The molecule has 0 spiro atoms. The van der Waals surface area contributed by atoms with Crippen molar-refractivity contribution in [1.82, 2.24) is 4.90 Å². The van der Waals surface area contributed by atoms with Crippen LogP contribution in [0.25, 0.3) is 0 Å². The highest BCUT2D eigenvalue weighted by atomic mass is 16.2. The molecule has 1 aliphatic heterocycles. The van der Waals surface area contributed by atoms with Crippen LogP contribution in [0, 0.1) is 5.92 Å². The largest absolute Gasteiger partial charge is 0.341 e. The molecule has 0 aliphatic carbocycles. The maximum Gasteiger partial charge on any atom is 0.239 e. The second-order valence-electron chi connectivity index (χ2n) is 4.97. The third kappa shape index (κ3) is 3.07. The van der Waals surface area contributed by atoms with Gasteiger partial charge in [-0.2, -0.15) is 0 Å². The van der Waals surface area contributed by atoms with E-state index in [1.807, 2.05) is 35.2 Å². The predicted molar refractivity (Wildman–Crippen MR) is 68.5 cm³/mol. The summed E-state index contributed by atoms with van der Waals surface area (Å²) in [4.78, 5) is 14.0. The highest BCUT2D eigenvalue weighted by Gasteiger charge is 2.26. The highest BCUT2D eigenvalue weighted by Crippen LogP contribution is 2.16. The lowest BCUT2D eigenvalue weighted by Crippen LogP contribution is -2.43. The third-order valence-corrected chi connectivity index (χ3v) is 3.35. The zero-order valence-corrected chi connectivity index (χ0v) is 10.3. The van der Waals surface area contributed by atoms with E-state index in [2.05, 4.69) is 6.92 Å². The molecule has 2 unspecified atom stereocenters. The van der Waals surface area contributed by atoms with Gasteiger partial charge < -0.3 is 10.6 Å². The third-order valence-electron chi connectivity index (χ3n) is 3.35. The molecule has 17 heavy (non-hydrogen) atoms. The van der Waals surface area contributed by atoms with E-state index in [1.165, 1.54) is 0 Å². The van der Waals surface area contributed by atoms with E-state index in [0.29, 0.717) is 12.3 Å². The Kier molecular flexibility index (Phi) is 3.79. The number of carbonyl (C=O) groups is 1. The Morgan fingerprint density at radius 1 is 1.47 bits per heavy atom. The first kappa shape index (κ1) is 12.1. The van der Waals surface area contributed by atoms with Gasteiger partial charge in [-0.3, -0.25) is 4.79 Å². The molecule has 3 heteroatoms. The van der Waals surface area contributed by atoms with Gasteiger partial charge in [0, 0.05) is 13.1 Å². The van der Waals surface area contributed by atoms with E-state index >= 15 is 0 Å². The van der Waals surface area contributed by atoms with Gasteiger partial charge in [0.15, 0.2) is 0 Å². The van der Waals surface area contributed by atoms with Gasteiger partial charge >= 0.3 is 0 Å². The molecule has 2 N–H and O–H groups in total. The zero-order valence-electron chi connectivity index (χ0n) is 10.3. The molecule has 2 atom stereocenters. The molecule has 0 radical (unpaired) electrons. The minimum Gasteiger partial charge on any atom is -0.341 e. The molecule has 1 amide bonds. The summed E-state index contributed by atoms with van der Waals surface area (Å²) >= 11 is 0. The summed E-state index contributed by atoms with van der Waals surface area (Å²) in [5.41, 5.74) is 7.11.